The topological polar surface area (TPSA) is 55.6 Å². The SMILES string of the molecule is CN(CCCc1ccccc1)C(=O)C1COCC1N. The number of nitrogens with two attached hydrogens (primary N) is 1. The Bertz CT molecular complexity index is 408. The Kier molecular flexibility index (Phi) is 4.93. The second-order valence-electron chi connectivity index (χ2n) is 5.16. The zero-order chi connectivity index (χ0) is 13.7. The third-order valence-corrected chi connectivity index (χ3v) is 3.62. The van der Waals surface area contributed by atoms with E-state index in [4.69, 9.17) is 10.5 Å². The Hall–Kier alpha value is -1.39. The Morgan fingerprint density at radius 2 is 2.11 bits per heavy atom. The van der Waals surface area contributed by atoms with E-state index < -0.39 is 0 Å². The van der Waals surface area contributed by atoms with Gasteiger partial charge in [-0.3, -0.25) is 4.79 Å². The summed E-state index contributed by atoms with van der Waals surface area (Å²) < 4.78 is 5.24. The molecule has 104 valence electrons. The Labute approximate surface area is 114 Å². The highest BCUT2D eigenvalue weighted by molar-refractivity contribution is 5.79. The molecule has 0 aromatic heterocycles. The zero-order valence-corrected chi connectivity index (χ0v) is 11.4. The summed E-state index contributed by atoms with van der Waals surface area (Å²) in [5, 5.41) is 0. The number of hydrogen-bond acceptors (Lipinski definition) is 3. The van der Waals surface area contributed by atoms with Gasteiger partial charge in [-0.05, 0) is 18.4 Å². The van der Waals surface area contributed by atoms with Gasteiger partial charge in [0.05, 0.1) is 19.1 Å². The molecule has 1 heterocycles. The van der Waals surface area contributed by atoms with E-state index in [0.29, 0.717) is 13.2 Å². The first-order valence-corrected chi connectivity index (χ1v) is 6.80. The van der Waals surface area contributed by atoms with Crippen molar-refractivity contribution in [3.63, 3.8) is 0 Å². The van der Waals surface area contributed by atoms with Crippen molar-refractivity contribution < 1.29 is 9.53 Å². The van der Waals surface area contributed by atoms with Gasteiger partial charge in [0, 0.05) is 19.6 Å². The lowest BCUT2D eigenvalue weighted by molar-refractivity contribution is -0.134. The number of benzene rings is 1. The maximum absolute atomic E-state index is 12.2. The van der Waals surface area contributed by atoms with Crippen molar-refractivity contribution >= 4 is 5.91 Å². The summed E-state index contributed by atoms with van der Waals surface area (Å²) in [6.45, 7) is 1.72. The van der Waals surface area contributed by atoms with Gasteiger partial charge in [-0.25, -0.2) is 0 Å². The lowest BCUT2D eigenvalue weighted by atomic mass is 10.0. The second-order valence-corrected chi connectivity index (χ2v) is 5.16. The van der Waals surface area contributed by atoms with Gasteiger partial charge in [0.2, 0.25) is 5.91 Å². The summed E-state index contributed by atoms with van der Waals surface area (Å²) in [6, 6.07) is 10.2. The van der Waals surface area contributed by atoms with Gasteiger partial charge >= 0.3 is 0 Å². The lowest BCUT2D eigenvalue weighted by Gasteiger charge is -2.22. The van der Waals surface area contributed by atoms with Gasteiger partial charge in [-0.1, -0.05) is 30.3 Å². The van der Waals surface area contributed by atoms with Crippen LogP contribution in [0.2, 0.25) is 0 Å². The fourth-order valence-electron chi connectivity index (χ4n) is 2.38. The molecule has 2 unspecified atom stereocenters. The molecule has 0 radical (unpaired) electrons. The highest BCUT2D eigenvalue weighted by Crippen LogP contribution is 2.14. The molecule has 0 saturated carbocycles. The number of amides is 1. The van der Waals surface area contributed by atoms with Gasteiger partial charge in [0.25, 0.3) is 0 Å². The molecule has 1 aromatic carbocycles. The first kappa shape index (κ1) is 14.0. The minimum absolute atomic E-state index is 0.109. The maximum atomic E-state index is 12.2. The van der Waals surface area contributed by atoms with Crippen molar-refractivity contribution in [3.8, 4) is 0 Å². The van der Waals surface area contributed by atoms with E-state index in [-0.39, 0.29) is 17.9 Å². The average molecular weight is 262 g/mol. The van der Waals surface area contributed by atoms with Crippen LogP contribution in [0.3, 0.4) is 0 Å². The van der Waals surface area contributed by atoms with E-state index in [1.54, 1.807) is 4.90 Å². The number of hydrogen-bond donors (Lipinski definition) is 1. The van der Waals surface area contributed by atoms with E-state index in [1.807, 2.05) is 25.2 Å². The van der Waals surface area contributed by atoms with Crippen LogP contribution in [-0.4, -0.2) is 43.7 Å². The van der Waals surface area contributed by atoms with Crippen molar-refractivity contribution in [1.82, 2.24) is 4.90 Å². The van der Waals surface area contributed by atoms with Gasteiger partial charge in [-0.15, -0.1) is 0 Å². The fraction of sp³-hybridized carbons (Fsp3) is 0.533. The fourth-order valence-corrected chi connectivity index (χ4v) is 2.38. The maximum Gasteiger partial charge on any atom is 0.229 e. The van der Waals surface area contributed by atoms with E-state index in [0.717, 1.165) is 19.4 Å². The molecule has 0 spiro atoms. The molecule has 1 saturated heterocycles. The van der Waals surface area contributed by atoms with Crippen molar-refractivity contribution in [1.29, 1.82) is 0 Å². The average Bonchev–Trinajstić information content (AvgIpc) is 2.85. The summed E-state index contributed by atoms with van der Waals surface area (Å²) in [5.41, 5.74) is 7.17. The largest absolute Gasteiger partial charge is 0.379 e. The quantitative estimate of drug-likeness (QED) is 0.863. The minimum atomic E-state index is -0.165. The van der Waals surface area contributed by atoms with Gasteiger partial charge in [-0.2, -0.15) is 0 Å². The molecule has 2 atom stereocenters. The standard InChI is InChI=1S/C15H22N2O2/c1-17(15(18)13-10-19-11-14(13)16)9-5-8-12-6-3-2-4-7-12/h2-4,6-7,13-14H,5,8-11,16H2,1H3. The summed E-state index contributed by atoms with van der Waals surface area (Å²) in [7, 11) is 1.85. The van der Waals surface area contributed by atoms with Crippen molar-refractivity contribution in [2.24, 2.45) is 11.7 Å². The predicted molar refractivity (Wildman–Crippen MR) is 74.7 cm³/mol. The van der Waals surface area contributed by atoms with Crippen LogP contribution in [0.4, 0.5) is 0 Å². The summed E-state index contributed by atoms with van der Waals surface area (Å²) in [6.07, 6.45) is 1.96. The molecule has 1 aromatic rings. The van der Waals surface area contributed by atoms with Crippen LogP contribution in [0.25, 0.3) is 0 Å². The number of nitrogens with zero attached hydrogens (tertiary/aromatic N) is 1. The third-order valence-electron chi connectivity index (χ3n) is 3.62. The normalized spacial score (nSPS) is 22.4. The van der Waals surface area contributed by atoms with Crippen molar-refractivity contribution in [2.45, 2.75) is 18.9 Å². The number of carbonyl (C=O) groups is 1. The molecule has 1 amide bonds. The van der Waals surface area contributed by atoms with Crippen LogP contribution in [0.5, 0.6) is 0 Å². The monoisotopic (exact) mass is 262 g/mol. The molecular weight excluding hydrogens is 240 g/mol. The minimum Gasteiger partial charge on any atom is -0.379 e. The highest BCUT2D eigenvalue weighted by atomic mass is 16.5. The first-order chi connectivity index (χ1) is 9.18. The van der Waals surface area contributed by atoms with Crippen molar-refractivity contribution in [3.05, 3.63) is 35.9 Å². The molecule has 0 aliphatic carbocycles. The Morgan fingerprint density at radius 3 is 2.74 bits per heavy atom. The summed E-state index contributed by atoms with van der Waals surface area (Å²) in [4.78, 5) is 13.9. The predicted octanol–water partition coefficient (Wildman–Crippen LogP) is 1.05. The van der Waals surface area contributed by atoms with Crippen LogP contribution in [0.15, 0.2) is 30.3 Å². The van der Waals surface area contributed by atoms with Gasteiger partial charge in [0.1, 0.15) is 0 Å². The molecular formula is C15H22N2O2. The van der Waals surface area contributed by atoms with Crippen LogP contribution >= 0.6 is 0 Å². The second kappa shape index (κ2) is 6.68. The van der Waals surface area contributed by atoms with E-state index >= 15 is 0 Å². The molecule has 19 heavy (non-hydrogen) atoms. The lowest BCUT2D eigenvalue weighted by Crippen LogP contribution is -2.42. The van der Waals surface area contributed by atoms with Crippen molar-refractivity contribution in [2.75, 3.05) is 26.8 Å². The van der Waals surface area contributed by atoms with Crippen LogP contribution in [-0.2, 0) is 16.0 Å². The number of carbonyl (C=O) groups excluding carboxylic acids is 1. The van der Waals surface area contributed by atoms with Crippen LogP contribution < -0.4 is 5.73 Å². The Balaban J connectivity index is 1.75. The molecule has 2 rings (SSSR count). The summed E-state index contributed by atoms with van der Waals surface area (Å²) in [5.74, 6) is -0.0558. The third kappa shape index (κ3) is 3.78. The molecule has 0 bridgehead atoms. The van der Waals surface area contributed by atoms with E-state index in [2.05, 4.69) is 12.1 Å². The molecule has 1 aliphatic heterocycles. The van der Waals surface area contributed by atoms with E-state index in [1.165, 1.54) is 5.56 Å². The summed E-state index contributed by atoms with van der Waals surface area (Å²) >= 11 is 0. The van der Waals surface area contributed by atoms with E-state index in [9.17, 15) is 4.79 Å². The molecule has 2 N–H and O–H groups in total. The Morgan fingerprint density at radius 1 is 1.37 bits per heavy atom. The number of ether oxygens (including phenoxy) is 1. The van der Waals surface area contributed by atoms with Crippen LogP contribution in [0.1, 0.15) is 12.0 Å². The smallest absolute Gasteiger partial charge is 0.229 e. The van der Waals surface area contributed by atoms with Gasteiger partial charge < -0.3 is 15.4 Å². The van der Waals surface area contributed by atoms with Crippen LogP contribution in [0, 0.1) is 5.92 Å². The molecule has 4 heteroatoms. The van der Waals surface area contributed by atoms with Gasteiger partial charge in [0.15, 0.2) is 0 Å². The number of aryl methyl sites for hydroxylation is 1. The highest BCUT2D eigenvalue weighted by Gasteiger charge is 2.32. The molecule has 1 aliphatic rings. The zero-order valence-electron chi connectivity index (χ0n) is 11.4. The molecule has 4 nitrogen and oxygen atoms in total. The first-order valence-electron chi connectivity index (χ1n) is 6.80. The number of rotatable bonds is 5. The molecule has 1 fully saturated rings.